The first-order chi connectivity index (χ1) is 14.4. The number of anilines is 1. The number of carbonyl (C=O) groups excluding carboxylic acids is 1. The van der Waals surface area contributed by atoms with Gasteiger partial charge in [0.2, 0.25) is 0 Å². The lowest BCUT2D eigenvalue weighted by molar-refractivity contribution is 0.103. The van der Waals surface area contributed by atoms with Crippen molar-refractivity contribution < 1.29 is 13.2 Å². The Morgan fingerprint density at radius 1 is 1.07 bits per heavy atom. The Hall–Kier alpha value is -2.70. The maximum atomic E-state index is 13.5. The molecule has 0 aliphatic rings. The highest BCUT2D eigenvalue weighted by Gasteiger charge is 2.28. The molecule has 0 aliphatic heterocycles. The van der Waals surface area contributed by atoms with Gasteiger partial charge < -0.3 is 0 Å². The highest BCUT2D eigenvalue weighted by molar-refractivity contribution is 7.92. The topological polar surface area (TPSA) is 67.3 Å². The Bertz CT molecular complexity index is 1150. The van der Waals surface area contributed by atoms with Gasteiger partial charge in [0, 0.05) is 35.1 Å². The molecule has 0 bridgehead atoms. The molecule has 0 N–H and O–H groups in total. The van der Waals surface area contributed by atoms with Crippen molar-refractivity contribution in [3.8, 4) is 0 Å². The van der Waals surface area contributed by atoms with Crippen LogP contribution in [-0.2, 0) is 10.0 Å². The predicted molar refractivity (Wildman–Crippen MR) is 120 cm³/mol. The summed E-state index contributed by atoms with van der Waals surface area (Å²) in [6.07, 6.45) is 4.60. The van der Waals surface area contributed by atoms with Gasteiger partial charge in [0.15, 0.2) is 5.78 Å². The van der Waals surface area contributed by atoms with E-state index in [0.717, 1.165) is 6.42 Å². The zero-order valence-corrected chi connectivity index (χ0v) is 18.4. The summed E-state index contributed by atoms with van der Waals surface area (Å²) in [6.45, 7) is 4.03. The molecule has 2 aromatic carbocycles. The van der Waals surface area contributed by atoms with Crippen molar-refractivity contribution in [3.05, 3.63) is 88.7 Å². The van der Waals surface area contributed by atoms with Crippen molar-refractivity contribution in [1.29, 1.82) is 0 Å². The number of benzene rings is 2. The number of aromatic nitrogens is 1. The number of nitrogens with zero attached hydrogens (tertiary/aromatic N) is 2. The summed E-state index contributed by atoms with van der Waals surface area (Å²) in [4.78, 5) is 17.6. The Balaban J connectivity index is 2.18. The quantitative estimate of drug-likeness (QED) is 0.445. The van der Waals surface area contributed by atoms with Gasteiger partial charge in [-0.3, -0.25) is 14.1 Å². The van der Waals surface area contributed by atoms with Crippen molar-refractivity contribution in [2.75, 3.05) is 10.8 Å². The molecule has 0 saturated carbocycles. The molecule has 0 fully saturated rings. The van der Waals surface area contributed by atoms with Gasteiger partial charge >= 0.3 is 0 Å². The molecule has 3 rings (SSSR count). The third-order valence-corrected chi connectivity index (χ3v) is 6.85. The number of aryl methyl sites for hydroxylation is 1. The van der Waals surface area contributed by atoms with Crippen LogP contribution in [0.15, 0.2) is 71.9 Å². The lowest BCUT2D eigenvalue weighted by Gasteiger charge is -2.26. The Labute approximate surface area is 182 Å². The standard InChI is InChI=1S/C23H23ClN2O3S/c1-3-4-14-26(30(28,29)19-8-6-5-7-9-19)22-11-10-18(24)15-21(22)23(27)20-12-13-25-16-17(20)2/h5-13,15-16H,3-4,14H2,1-2H3. The van der Waals surface area contributed by atoms with Crippen LogP contribution in [0.4, 0.5) is 5.69 Å². The summed E-state index contributed by atoms with van der Waals surface area (Å²) in [5.74, 6) is -0.294. The van der Waals surface area contributed by atoms with Crippen molar-refractivity contribution in [2.45, 2.75) is 31.6 Å². The maximum absolute atomic E-state index is 13.5. The maximum Gasteiger partial charge on any atom is 0.264 e. The van der Waals surface area contributed by atoms with E-state index in [9.17, 15) is 13.2 Å². The monoisotopic (exact) mass is 442 g/mol. The number of ketones is 1. The number of pyridine rings is 1. The molecule has 0 aliphatic carbocycles. The van der Waals surface area contributed by atoms with E-state index in [1.165, 1.54) is 10.4 Å². The molecule has 5 nitrogen and oxygen atoms in total. The molecule has 7 heteroatoms. The minimum atomic E-state index is -3.86. The van der Waals surface area contributed by atoms with Crippen LogP contribution in [0.3, 0.4) is 0 Å². The largest absolute Gasteiger partial charge is 0.289 e. The molecule has 156 valence electrons. The Kier molecular flexibility index (Phi) is 6.90. The second-order valence-corrected chi connectivity index (χ2v) is 9.22. The summed E-state index contributed by atoms with van der Waals surface area (Å²) in [7, 11) is -3.86. The molecule has 0 unspecified atom stereocenters. The van der Waals surface area contributed by atoms with E-state index in [1.54, 1.807) is 67.8 Å². The van der Waals surface area contributed by atoms with Crippen LogP contribution < -0.4 is 4.31 Å². The third kappa shape index (κ3) is 4.55. The zero-order valence-electron chi connectivity index (χ0n) is 16.9. The molecular weight excluding hydrogens is 420 g/mol. The zero-order chi connectivity index (χ0) is 21.7. The van der Waals surface area contributed by atoms with Gasteiger partial charge in [0.05, 0.1) is 10.6 Å². The van der Waals surface area contributed by atoms with E-state index in [4.69, 9.17) is 11.6 Å². The van der Waals surface area contributed by atoms with E-state index >= 15 is 0 Å². The number of sulfonamides is 1. The van der Waals surface area contributed by atoms with Crippen LogP contribution in [0.1, 0.15) is 41.3 Å². The van der Waals surface area contributed by atoms with Gasteiger partial charge in [-0.1, -0.05) is 43.1 Å². The van der Waals surface area contributed by atoms with Gasteiger partial charge in [-0.05, 0) is 55.3 Å². The molecule has 3 aromatic rings. The molecule has 0 radical (unpaired) electrons. The van der Waals surface area contributed by atoms with Gasteiger partial charge in [0.25, 0.3) is 10.0 Å². The third-order valence-electron chi connectivity index (χ3n) is 4.78. The average molecular weight is 443 g/mol. The van der Waals surface area contributed by atoms with Crippen molar-refractivity contribution in [1.82, 2.24) is 4.98 Å². The van der Waals surface area contributed by atoms with E-state index in [1.807, 2.05) is 6.92 Å². The first-order valence-corrected chi connectivity index (χ1v) is 11.5. The molecule has 1 aromatic heterocycles. The fraction of sp³-hybridized carbons (Fsp3) is 0.217. The van der Waals surface area contributed by atoms with Crippen LogP contribution in [0.25, 0.3) is 0 Å². The summed E-state index contributed by atoms with van der Waals surface area (Å²) in [5, 5.41) is 0.362. The number of halogens is 1. The summed E-state index contributed by atoms with van der Waals surface area (Å²) in [6, 6.07) is 14.6. The van der Waals surface area contributed by atoms with Crippen LogP contribution in [0.5, 0.6) is 0 Å². The second-order valence-electron chi connectivity index (χ2n) is 6.92. The normalized spacial score (nSPS) is 11.3. The van der Waals surface area contributed by atoms with Gasteiger partial charge in [0.1, 0.15) is 0 Å². The first-order valence-electron chi connectivity index (χ1n) is 9.69. The second kappa shape index (κ2) is 9.41. The van der Waals surface area contributed by atoms with E-state index in [0.29, 0.717) is 28.3 Å². The summed E-state index contributed by atoms with van der Waals surface area (Å²) >= 11 is 6.20. The van der Waals surface area contributed by atoms with Crippen molar-refractivity contribution in [2.24, 2.45) is 0 Å². The van der Waals surface area contributed by atoms with Crippen molar-refractivity contribution >= 4 is 33.1 Å². The molecule has 1 heterocycles. The SMILES string of the molecule is CCCCN(c1ccc(Cl)cc1C(=O)c1ccncc1C)S(=O)(=O)c1ccccc1. The molecule has 30 heavy (non-hydrogen) atoms. The minimum absolute atomic E-state index is 0.176. The lowest BCUT2D eigenvalue weighted by Crippen LogP contribution is -2.33. The first kappa shape index (κ1) is 22.0. The Morgan fingerprint density at radius 3 is 2.47 bits per heavy atom. The minimum Gasteiger partial charge on any atom is -0.289 e. The number of carbonyl (C=O) groups is 1. The van der Waals surface area contributed by atoms with Crippen LogP contribution in [0.2, 0.25) is 5.02 Å². The molecule has 0 spiro atoms. The van der Waals surface area contributed by atoms with E-state index in [-0.39, 0.29) is 22.8 Å². The summed E-state index contributed by atoms with van der Waals surface area (Å²) in [5.41, 5.74) is 1.73. The summed E-state index contributed by atoms with van der Waals surface area (Å²) < 4.78 is 28.3. The highest BCUT2D eigenvalue weighted by atomic mass is 35.5. The fourth-order valence-electron chi connectivity index (χ4n) is 3.17. The van der Waals surface area contributed by atoms with Crippen LogP contribution in [0, 0.1) is 6.92 Å². The van der Waals surface area contributed by atoms with Crippen LogP contribution in [-0.4, -0.2) is 25.7 Å². The predicted octanol–water partition coefficient (Wildman–Crippen LogP) is 5.27. The van der Waals surface area contributed by atoms with Crippen LogP contribution >= 0.6 is 11.6 Å². The van der Waals surface area contributed by atoms with E-state index in [2.05, 4.69) is 4.98 Å². The molecule has 0 saturated heterocycles. The number of rotatable bonds is 8. The van der Waals surface area contributed by atoms with Gasteiger partial charge in [-0.2, -0.15) is 0 Å². The number of hydrogen-bond acceptors (Lipinski definition) is 4. The Morgan fingerprint density at radius 2 is 1.80 bits per heavy atom. The van der Waals surface area contributed by atoms with E-state index < -0.39 is 10.0 Å². The highest BCUT2D eigenvalue weighted by Crippen LogP contribution is 2.32. The smallest absolute Gasteiger partial charge is 0.264 e. The number of hydrogen-bond donors (Lipinski definition) is 0. The average Bonchev–Trinajstić information content (AvgIpc) is 2.75. The molecule has 0 atom stereocenters. The molecular formula is C23H23ClN2O3S. The van der Waals surface area contributed by atoms with Crippen molar-refractivity contribution in [3.63, 3.8) is 0 Å². The lowest BCUT2D eigenvalue weighted by atomic mass is 9.99. The van der Waals surface area contributed by atoms with Gasteiger partial charge in [-0.25, -0.2) is 8.42 Å². The fourth-order valence-corrected chi connectivity index (χ4v) is 4.89. The number of unbranched alkanes of at least 4 members (excludes halogenated alkanes) is 1. The van der Waals surface area contributed by atoms with Gasteiger partial charge in [-0.15, -0.1) is 0 Å². The molecule has 0 amide bonds.